The van der Waals surface area contributed by atoms with Gasteiger partial charge in [-0.1, -0.05) is 103 Å². The lowest BCUT2D eigenvalue weighted by Crippen LogP contribution is -2.01. The average molecular weight is 583 g/mol. The van der Waals surface area contributed by atoms with Gasteiger partial charge in [0.05, 0.1) is 21.3 Å². The van der Waals surface area contributed by atoms with E-state index in [1.165, 1.54) is 62.2 Å². The quantitative estimate of drug-likeness (QED) is 0.198. The largest absolute Gasteiger partial charge is 0.292 e. The van der Waals surface area contributed by atoms with E-state index in [9.17, 15) is 0 Å². The Balaban J connectivity index is 1.52. The molecule has 43 heavy (non-hydrogen) atoms. The lowest BCUT2D eigenvalue weighted by Gasteiger charge is -2.15. The predicted molar refractivity (Wildman–Crippen MR) is 187 cm³/mol. The van der Waals surface area contributed by atoms with Crippen LogP contribution in [0.2, 0.25) is 0 Å². The van der Waals surface area contributed by atoms with Gasteiger partial charge >= 0.3 is 0 Å². The van der Waals surface area contributed by atoms with Crippen LogP contribution in [0, 0.1) is 0 Å². The minimum absolute atomic E-state index is 0.966. The van der Waals surface area contributed by atoms with Gasteiger partial charge in [-0.25, -0.2) is 4.98 Å². The molecule has 0 bridgehead atoms. The van der Waals surface area contributed by atoms with Crippen LogP contribution in [0.25, 0.3) is 90.0 Å². The summed E-state index contributed by atoms with van der Waals surface area (Å²) in [6, 6.07) is 48.2. The zero-order valence-corrected chi connectivity index (χ0v) is 24.5. The fraction of sp³-hybridized carbons (Fsp3) is 0. The zero-order valence-electron chi connectivity index (χ0n) is 22.9. The van der Waals surface area contributed by atoms with E-state index in [-0.39, 0.29) is 0 Å². The number of rotatable bonds is 2. The van der Waals surface area contributed by atoms with E-state index in [1.54, 1.807) is 0 Å². The summed E-state index contributed by atoms with van der Waals surface area (Å²) in [7, 11) is 0. The van der Waals surface area contributed by atoms with Crippen LogP contribution in [-0.2, 0) is 0 Å². The molecule has 2 nitrogen and oxygen atoms in total. The minimum Gasteiger partial charge on any atom is -0.292 e. The summed E-state index contributed by atoms with van der Waals surface area (Å²) >= 11 is 3.83. The molecule has 10 aromatic rings. The molecule has 0 aliphatic rings. The first kappa shape index (κ1) is 23.5. The van der Waals surface area contributed by atoms with Crippen molar-refractivity contribution in [3.8, 4) is 16.9 Å². The number of nitrogens with zero attached hydrogens (tertiary/aromatic N) is 2. The molecule has 200 valence electrons. The van der Waals surface area contributed by atoms with E-state index in [0.29, 0.717) is 0 Å². The average Bonchev–Trinajstić information content (AvgIpc) is 3.74. The minimum atomic E-state index is 0.966. The number of thiophene rings is 2. The van der Waals surface area contributed by atoms with Gasteiger partial charge in [-0.15, -0.1) is 22.7 Å². The van der Waals surface area contributed by atoms with Crippen LogP contribution in [0.4, 0.5) is 0 Å². The number of benzene rings is 6. The molecule has 6 aromatic carbocycles. The van der Waals surface area contributed by atoms with Crippen LogP contribution in [-0.4, -0.2) is 9.55 Å². The molecule has 4 aromatic heterocycles. The molecule has 0 radical (unpaired) electrons. The molecular formula is C39H22N2S2. The van der Waals surface area contributed by atoms with Crippen molar-refractivity contribution in [3.05, 3.63) is 133 Å². The van der Waals surface area contributed by atoms with Crippen molar-refractivity contribution in [2.24, 2.45) is 0 Å². The highest BCUT2D eigenvalue weighted by atomic mass is 32.1. The van der Waals surface area contributed by atoms with Crippen molar-refractivity contribution < 1.29 is 0 Å². The van der Waals surface area contributed by atoms with Crippen LogP contribution in [0.15, 0.2) is 133 Å². The predicted octanol–water partition coefficient (Wildman–Crippen LogP) is 11.7. The van der Waals surface area contributed by atoms with Crippen LogP contribution >= 0.6 is 22.7 Å². The molecule has 0 spiro atoms. The maximum Gasteiger partial charge on any atom is 0.146 e. The van der Waals surface area contributed by atoms with Crippen LogP contribution in [0.3, 0.4) is 0 Å². The number of pyridine rings is 1. The highest BCUT2D eigenvalue weighted by Gasteiger charge is 2.25. The fourth-order valence-electron chi connectivity index (χ4n) is 6.94. The molecular weight excluding hydrogens is 561 g/mol. The Hall–Kier alpha value is -5.03. The Bertz CT molecular complexity index is 2730. The van der Waals surface area contributed by atoms with Crippen molar-refractivity contribution in [3.63, 3.8) is 0 Å². The Morgan fingerprint density at radius 2 is 1.14 bits per heavy atom. The van der Waals surface area contributed by atoms with E-state index in [0.717, 1.165) is 27.8 Å². The molecule has 0 aliphatic carbocycles. The fourth-order valence-corrected chi connectivity index (χ4v) is 9.53. The van der Waals surface area contributed by atoms with Crippen molar-refractivity contribution >= 4 is 95.7 Å². The van der Waals surface area contributed by atoms with Gasteiger partial charge in [0.25, 0.3) is 0 Å². The third kappa shape index (κ3) is 3.19. The first-order valence-electron chi connectivity index (χ1n) is 14.5. The Labute approximate surface area is 254 Å². The van der Waals surface area contributed by atoms with Crippen LogP contribution < -0.4 is 0 Å². The van der Waals surface area contributed by atoms with Gasteiger partial charge in [-0.05, 0) is 35.9 Å². The number of hydrogen-bond acceptors (Lipinski definition) is 3. The number of fused-ring (bicyclic) bond motifs is 13. The summed E-state index contributed by atoms with van der Waals surface area (Å²) in [5.41, 5.74) is 5.72. The molecule has 0 atom stereocenters. The Morgan fingerprint density at radius 1 is 0.512 bits per heavy atom. The SMILES string of the molecule is c1ccc(-c2cc3ccccc3nc2-n2c3ccccc3c3c4c5ccccc5sc4c4c5ccccc5sc4c32)cc1. The first-order valence-corrected chi connectivity index (χ1v) is 16.1. The van der Waals surface area contributed by atoms with Gasteiger partial charge in [-0.2, -0.15) is 0 Å². The second kappa shape index (κ2) is 8.74. The number of para-hydroxylation sites is 2. The van der Waals surface area contributed by atoms with Gasteiger partial charge in [0.2, 0.25) is 0 Å². The third-order valence-electron chi connectivity index (χ3n) is 8.76. The van der Waals surface area contributed by atoms with Crippen molar-refractivity contribution in [1.29, 1.82) is 0 Å². The third-order valence-corrected chi connectivity index (χ3v) is 11.1. The molecule has 0 N–H and O–H groups in total. The van der Waals surface area contributed by atoms with E-state index in [1.807, 2.05) is 22.7 Å². The van der Waals surface area contributed by atoms with E-state index < -0.39 is 0 Å². The van der Waals surface area contributed by atoms with Gasteiger partial charge in [0.1, 0.15) is 5.82 Å². The van der Waals surface area contributed by atoms with Crippen molar-refractivity contribution in [2.45, 2.75) is 0 Å². The van der Waals surface area contributed by atoms with Gasteiger partial charge < -0.3 is 0 Å². The van der Waals surface area contributed by atoms with Gasteiger partial charge in [0, 0.05) is 57.4 Å². The summed E-state index contributed by atoms with van der Waals surface area (Å²) in [6.07, 6.45) is 0. The highest BCUT2D eigenvalue weighted by molar-refractivity contribution is 7.30. The summed E-state index contributed by atoms with van der Waals surface area (Å²) in [5, 5.41) is 9.08. The molecule has 0 fully saturated rings. The van der Waals surface area contributed by atoms with Crippen LogP contribution in [0.1, 0.15) is 0 Å². The molecule has 10 rings (SSSR count). The van der Waals surface area contributed by atoms with Crippen LogP contribution in [0.5, 0.6) is 0 Å². The maximum absolute atomic E-state index is 5.46. The number of hydrogen-bond donors (Lipinski definition) is 0. The summed E-state index contributed by atoms with van der Waals surface area (Å²) in [4.78, 5) is 5.46. The van der Waals surface area contributed by atoms with Gasteiger partial charge in [-0.3, -0.25) is 4.57 Å². The second-order valence-electron chi connectivity index (χ2n) is 11.1. The smallest absolute Gasteiger partial charge is 0.146 e. The molecule has 0 aliphatic heterocycles. The lowest BCUT2D eigenvalue weighted by molar-refractivity contribution is 1.11. The Kier molecular flexibility index (Phi) is 4.78. The molecule has 0 amide bonds. The van der Waals surface area contributed by atoms with Gasteiger partial charge in [0.15, 0.2) is 0 Å². The standard InChI is InChI=1S/C39H22N2S2/c1-2-12-23(13-3-1)28-22-24-14-4-8-18-29(24)40-39(28)41-30-19-9-5-15-25(30)33-34-26-16-6-10-20-31(26)42-37(34)35-27-17-7-11-21-32(27)43-38(35)36(33)41/h1-22H. The zero-order chi connectivity index (χ0) is 28.1. The summed E-state index contributed by atoms with van der Waals surface area (Å²) in [6.45, 7) is 0. The summed E-state index contributed by atoms with van der Waals surface area (Å²) in [5.74, 6) is 0.966. The monoisotopic (exact) mass is 582 g/mol. The summed E-state index contributed by atoms with van der Waals surface area (Å²) < 4.78 is 7.80. The van der Waals surface area contributed by atoms with E-state index in [2.05, 4.69) is 138 Å². The normalized spacial score (nSPS) is 12.2. The van der Waals surface area contributed by atoms with E-state index >= 15 is 0 Å². The maximum atomic E-state index is 5.46. The molecule has 0 saturated heterocycles. The van der Waals surface area contributed by atoms with E-state index in [4.69, 9.17) is 4.98 Å². The second-order valence-corrected chi connectivity index (χ2v) is 13.2. The topological polar surface area (TPSA) is 17.8 Å². The number of aromatic nitrogens is 2. The molecule has 4 heterocycles. The highest BCUT2D eigenvalue weighted by Crippen LogP contribution is 2.52. The molecule has 0 unspecified atom stereocenters. The molecule has 4 heteroatoms. The Morgan fingerprint density at radius 3 is 1.95 bits per heavy atom. The lowest BCUT2D eigenvalue weighted by atomic mass is 10.0. The first-order chi connectivity index (χ1) is 21.3. The van der Waals surface area contributed by atoms with Crippen molar-refractivity contribution in [1.82, 2.24) is 9.55 Å². The molecule has 0 saturated carbocycles. The van der Waals surface area contributed by atoms with Crippen molar-refractivity contribution in [2.75, 3.05) is 0 Å².